The number of rotatable bonds is 3. The second-order valence-electron chi connectivity index (χ2n) is 10.9. The molecule has 4 atom stereocenters. The molecular weight excluding hydrogens is 654 g/mol. The maximum absolute atomic E-state index is 14.0. The van der Waals surface area contributed by atoms with Gasteiger partial charge in [0.15, 0.2) is 0 Å². The van der Waals surface area contributed by atoms with Crippen LogP contribution in [0.1, 0.15) is 23.5 Å². The lowest BCUT2D eigenvalue weighted by Gasteiger charge is -2.52. The van der Waals surface area contributed by atoms with Crippen molar-refractivity contribution < 1.29 is 14.3 Å². The highest BCUT2D eigenvalue weighted by Gasteiger charge is 2.61. The van der Waals surface area contributed by atoms with Gasteiger partial charge < -0.3 is 19.9 Å². The number of amides is 2. The number of carbonyl (C=O) groups is 2. The molecule has 0 unspecified atom stereocenters. The Morgan fingerprint density at radius 2 is 1.65 bits per heavy atom. The van der Waals surface area contributed by atoms with E-state index in [1.54, 1.807) is 11.8 Å². The minimum atomic E-state index is -0.781. The SMILES string of the molecule is O=C1C[C@@H]2CS[C@]3(C(=O)Nc4cccc(Br)c43)[C@H](c3ccc(Br)cc3)[C@H]2CN1c1ccc(N2CCOCC2)cc1. The highest BCUT2D eigenvalue weighted by Crippen LogP contribution is 2.64. The summed E-state index contributed by atoms with van der Waals surface area (Å²) in [5.74, 6) is 1.16. The Bertz CT molecular complexity index is 1460. The summed E-state index contributed by atoms with van der Waals surface area (Å²) in [5, 5.41) is 3.20. The Balaban J connectivity index is 1.28. The average molecular weight is 683 g/mol. The maximum atomic E-state index is 14.0. The largest absolute Gasteiger partial charge is 0.378 e. The van der Waals surface area contributed by atoms with Crippen molar-refractivity contribution in [3.63, 3.8) is 0 Å². The van der Waals surface area contributed by atoms with Gasteiger partial charge in [-0.2, -0.15) is 0 Å². The van der Waals surface area contributed by atoms with Crippen LogP contribution < -0.4 is 15.1 Å². The number of nitrogens with one attached hydrogen (secondary N) is 1. The Hall–Kier alpha value is -2.33. The summed E-state index contributed by atoms with van der Waals surface area (Å²) in [6, 6.07) is 22.7. The first-order chi connectivity index (χ1) is 19.5. The molecule has 7 rings (SSSR count). The molecule has 0 saturated carbocycles. The number of thioether (sulfide) groups is 1. The van der Waals surface area contributed by atoms with Crippen LogP contribution in [0.2, 0.25) is 0 Å². The van der Waals surface area contributed by atoms with Gasteiger partial charge in [0, 0.05) is 63.5 Å². The molecule has 3 aromatic rings. The lowest BCUT2D eigenvalue weighted by molar-refractivity contribution is -0.122. The molecule has 0 radical (unpaired) electrons. The molecule has 1 spiro atoms. The molecule has 40 heavy (non-hydrogen) atoms. The number of ether oxygens (including phenoxy) is 1. The average Bonchev–Trinajstić information content (AvgIpc) is 3.26. The van der Waals surface area contributed by atoms with Crippen LogP contribution in [-0.2, 0) is 19.1 Å². The highest BCUT2D eigenvalue weighted by atomic mass is 79.9. The highest BCUT2D eigenvalue weighted by molar-refractivity contribution is 9.10. The van der Waals surface area contributed by atoms with Crippen molar-refractivity contribution >= 4 is 72.5 Å². The fraction of sp³-hybridized carbons (Fsp3) is 0.355. The summed E-state index contributed by atoms with van der Waals surface area (Å²) >= 11 is 9.09. The van der Waals surface area contributed by atoms with Crippen molar-refractivity contribution in [2.75, 3.05) is 53.7 Å². The van der Waals surface area contributed by atoms with E-state index < -0.39 is 4.75 Å². The zero-order valence-corrected chi connectivity index (χ0v) is 25.8. The van der Waals surface area contributed by atoms with Crippen molar-refractivity contribution in [3.8, 4) is 0 Å². The zero-order valence-electron chi connectivity index (χ0n) is 21.8. The molecular formula is C31H29Br2N3O3S. The summed E-state index contributed by atoms with van der Waals surface area (Å²) in [6.07, 6.45) is 0.483. The summed E-state index contributed by atoms with van der Waals surface area (Å²) in [6.45, 7) is 3.80. The fourth-order valence-electron chi connectivity index (χ4n) is 6.97. The van der Waals surface area contributed by atoms with Gasteiger partial charge in [0.05, 0.1) is 13.2 Å². The molecule has 1 N–H and O–H groups in total. The van der Waals surface area contributed by atoms with Crippen LogP contribution in [0.25, 0.3) is 0 Å². The smallest absolute Gasteiger partial charge is 0.245 e. The van der Waals surface area contributed by atoms with Gasteiger partial charge in [-0.1, -0.05) is 50.1 Å². The van der Waals surface area contributed by atoms with E-state index in [9.17, 15) is 9.59 Å². The molecule has 4 heterocycles. The molecule has 2 amide bonds. The summed E-state index contributed by atoms with van der Waals surface area (Å²) in [7, 11) is 0. The molecule has 206 valence electrons. The lowest BCUT2D eigenvalue weighted by Crippen LogP contribution is -2.55. The van der Waals surface area contributed by atoms with Crippen LogP contribution in [0, 0.1) is 11.8 Å². The van der Waals surface area contributed by atoms with E-state index in [1.807, 2.05) is 23.1 Å². The van der Waals surface area contributed by atoms with Crippen LogP contribution in [0.5, 0.6) is 0 Å². The van der Waals surface area contributed by atoms with E-state index in [1.165, 1.54) is 0 Å². The van der Waals surface area contributed by atoms with Crippen LogP contribution >= 0.6 is 43.6 Å². The number of halogens is 2. The van der Waals surface area contributed by atoms with Gasteiger partial charge in [0.25, 0.3) is 0 Å². The van der Waals surface area contributed by atoms with Gasteiger partial charge in [-0.3, -0.25) is 9.59 Å². The Morgan fingerprint density at radius 1 is 0.925 bits per heavy atom. The monoisotopic (exact) mass is 681 g/mol. The molecule has 9 heteroatoms. The number of fused-ring (bicyclic) bond motifs is 3. The molecule has 4 aliphatic heterocycles. The van der Waals surface area contributed by atoms with E-state index in [-0.39, 0.29) is 29.6 Å². The maximum Gasteiger partial charge on any atom is 0.245 e. The molecule has 3 saturated heterocycles. The van der Waals surface area contributed by atoms with Crippen molar-refractivity contribution in [1.29, 1.82) is 0 Å². The number of anilines is 3. The molecule has 3 aromatic carbocycles. The third kappa shape index (κ3) is 4.32. The number of hydrogen-bond donors (Lipinski definition) is 1. The number of carbonyl (C=O) groups excluding carboxylic acids is 2. The lowest BCUT2D eigenvalue weighted by atomic mass is 9.66. The summed E-state index contributed by atoms with van der Waals surface area (Å²) in [5.41, 5.74) is 5.09. The quantitative estimate of drug-likeness (QED) is 0.347. The number of benzene rings is 3. The minimum absolute atomic E-state index is 0.0316. The first-order valence-corrected chi connectivity index (χ1v) is 16.3. The molecule has 4 aliphatic rings. The normalized spacial score (nSPS) is 27.9. The molecule has 0 aromatic heterocycles. The van der Waals surface area contributed by atoms with Crippen molar-refractivity contribution in [2.24, 2.45) is 11.8 Å². The van der Waals surface area contributed by atoms with Crippen molar-refractivity contribution in [3.05, 3.63) is 86.8 Å². The van der Waals surface area contributed by atoms with Gasteiger partial charge >= 0.3 is 0 Å². The zero-order chi connectivity index (χ0) is 27.4. The van der Waals surface area contributed by atoms with Gasteiger partial charge in [-0.25, -0.2) is 0 Å². The third-order valence-corrected chi connectivity index (χ3v) is 11.7. The van der Waals surface area contributed by atoms with Crippen LogP contribution in [0.3, 0.4) is 0 Å². The van der Waals surface area contributed by atoms with E-state index in [4.69, 9.17) is 4.74 Å². The first-order valence-electron chi connectivity index (χ1n) is 13.7. The number of hydrogen-bond acceptors (Lipinski definition) is 5. The third-order valence-electron chi connectivity index (χ3n) is 8.87. The minimum Gasteiger partial charge on any atom is -0.378 e. The number of morpholine rings is 1. The van der Waals surface area contributed by atoms with Gasteiger partial charge in [-0.15, -0.1) is 11.8 Å². The van der Waals surface area contributed by atoms with Crippen LogP contribution in [0.15, 0.2) is 75.7 Å². The Morgan fingerprint density at radius 3 is 2.40 bits per heavy atom. The predicted molar refractivity (Wildman–Crippen MR) is 167 cm³/mol. The van der Waals surface area contributed by atoms with Gasteiger partial charge in [-0.05, 0) is 71.7 Å². The second-order valence-corrected chi connectivity index (χ2v) is 14.0. The van der Waals surface area contributed by atoms with Crippen molar-refractivity contribution in [1.82, 2.24) is 0 Å². The summed E-state index contributed by atoms with van der Waals surface area (Å²) in [4.78, 5) is 31.9. The molecule has 6 nitrogen and oxygen atoms in total. The second kappa shape index (κ2) is 10.5. The van der Waals surface area contributed by atoms with Crippen molar-refractivity contribution in [2.45, 2.75) is 17.1 Å². The van der Waals surface area contributed by atoms with E-state index in [2.05, 4.69) is 90.6 Å². The number of nitrogens with zero attached hydrogens (tertiary/aromatic N) is 2. The predicted octanol–water partition coefficient (Wildman–Crippen LogP) is 6.40. The number of piperidine rings is 1. The standard InChI is InChI=1S/C31H29Br2N3O3S/c32-21-6-4-19(5-7-21)28-24-17-36(23-10-8-22(9-11-23)35-12-14-39-15-13-35)27(37)16-20(24)18-40-31(28)29-25(33)2-1-3-26(29)34-30(31)38/h1-11,20,24,28H,12-18H2,(H,34,38)/t20-,24+,28-,31-/m1/s1. The first kappa shape index (κ1) is 26.6. The van der Waals surface area contributed by atoms with Crippen LogP contribution in [0.4, 0.5) is 17.1 Å². The summed E-state index contributed by atoms with van der Waals surface area (Å²) < 4.78 is 6.67. The topological polar surface area (TPSA) is 61.9 Å². The van der Waals surface area contributed by atoms with E-state index in [0.717, 1.165) is 69.2 Å². The molecule has 3 fully saturated rings. The molecule has 0 aliphatic carbocycles. The Labute approximate surface area is 255 Å². The van der Waals surface area contributed by atoms with E-state index >= 15 is 0 Å². The Kier molecular flexibility index (Phi) is 6.97. The van der Waals surface area contributed by atoms with Gasteiger partial charge in [0.1, 0.15) is 4.75 Å². The van der Waals surface area contributed by atoms with E-state index in [0.29, 0.717) is 13.0 Å². The molecule has 0 bridgehead atoms. The fourth-order valence-corrected chi connectivity index (χ4v) is 9.93. The van der Waals surface area contributed by atoms with Gasteiger partial charge in [0.2, 0.25) is 11.8 Å². The van der Waals surface area contributed by atoms with Crippen LogP contribution in [-0.4, -0.2) is 50.4 Å².